The molecule has 150 valence electrons. The largest absolute Gasteiger partial charge is 0.508 e. The van der Waals surface area contributed by atoms with Gasteiger partial charge in [-0.1, -0.05) is 23.7 Å². The Morgan fingerprint density at radius 1 is 1.25 bits per heavy atom. The number of hydrogen-bond donors (Lipinski definition) is 2. The minimum atomic E-state index is -4.49. The second kappa shape index (κ2) is 8.26. The Morgan fingerprint density at radius 3 is 2.46 bits per heavy atom. The zero-order valence-corrected chi connectivity index (χ0v) is 15.6. The summed E-state index contributed by atoms with van der Waals surface area (Å²) >= 11 is 6.00. The number of carbonyl (C=O) groups is 1. The first-order valence-electron chi connectivity index (χ1n) is 8.77. The number of halogens is 4. The first kappa shape index (κ1) is 20.3. The van der Waals surface area contributed by atoms with Crippen molar-refractivity contribution in [2.75, 3.05) is 18.0 Å². The van der Waals surface area contributed by atoms with E-state index in [0.29, 0.717) is 38.3 Å². The van der Waals surface area contributed by atoms with E-state index in [1.165, 1.54) is 0 Å². The fourth-order valence-corrected chi connectivity index (χ4v) is 3.41. The molecule has 2 aromatic rings. The Hall–Kier alpha value is -2.48. The molecular formula is C19H19ClF3N3O2. The molecule has 1 aromatic carbocycles. The molecule has 0 radical (unpaired) electrons. The standard InChI is InChI=1S/C19H19ClF3N3O2/c20-16-9-14(19(21,22)23)11-24-17(16)26-7-5-13(6-8-26)18(28)25-10-12-1-3-15(27)4-2-12/h1-4,9,11,13,27H,5-8,10H2,(H,25,28). The van der Waals surface area contributed by atoms with Gasteiger partial charge in [0.25, 0.3) is 0 Å². The number of phenolic OH excluding ortho intramolecular Hbond substituents is 1. The molecule has 5 nitrogen and oxygen atoms in total. The molecule has 3 rings (SSSR count). The van der Waals surface area contributed by atoms with Crippen LogP contribution in [-0.4, -0.2) is 29.1 Å². The highest BCUT2D eigenvalue weighted by Gasteiger charge is 2.33. The average Bonchev–Trinajstić information content (AvgIpc) is 2.67. The maximum atomic E-state index is 12.7. The van der Waals surface area contributed by atoms with Gasteiger partial charge in [0, 0.05) is 31.7 Å². The van der Waals surface area contributed by atoms with Crippen LogP contribution >= 0.6 is 11.6 Å². The number of aromatic nitrogens is 1. The predicted molar refractivity (Wildman–Crippen MR) is 99.1 cm³/mol. The lowest BCUT2D eigenvalue weighted by Gasteiger charge is -2.32. The highest BCUT2D eigenvalue weighted by atomic mass is 35.5. The van der Waals surface area contributed by atoms with Crippen LogP contribution in [0.15, 0.2) is 36.5 Å². The van der Waals surface area contributed by atoms with Crippen LogP contribution in [0.2, 0.25) is 5.02 Å². The van der Waals surface area contributed by atoms with Crippen LogP contribution in [0.25, 0.3) is 0 Å². The average molecular weight is 414 g/mol. The van der Waals surface area contributed by atoms with Crippen molar-refractivity contribution < 1.29 is 23.1 Å². The summed E-state index contributed by atoms with van der Waals surface area (Å²) in [4.78, 5) is 18.0. The summed E-state index contributed by atoms with van der Waals surface area (Å²) in [7, 11) is 0. The number of nitrogens with zero attached hydrogens (tertiary/aromatic N) is 2. The number of rotatable bonds is 4. The third-order valence-corrected chi connectivity index (χ3v) is 5.00. The third-order valence-electron chi connectivity index (χ3n) is 4.72. The molecule has 2 heterocycles. The number of aromatic hydroxyl groups is 1. The van der Waals surface area contributed by atoms with Gasteiger partial charge in [-0.05, 0) is 36.6 Å². The van der Waals surface area contributed by atoms with Crippen LogP contribution in [0, 0.1) is 5.92 Å². The van der Waals surface area contributed by atoms with E-state index in [1.807, 2.05) is 0 Å². The van der Waals surface area contributed by atoms with Crippen molar-refractivity contribution >= 4 is 23.3 Å². The summed E-state index contributed by atoms with van der Waals surface area (Å²) in [5.41, 5.74) is -0.00549. The normalized spacial score (nSPS) is 15.5. The summed E-state index contributed by atoms with van der Waals surface area (Å²) in [6.45, 7) is 1.33. The van der Waals surface area contributed by atoms with Gasteiger partial charge in [-0.15, -0.1) is 0 Å². The van der Waals surface area contributed by atoms with Gasteiger partial charge in [-0.25, -0.2) is 4.98 Å². The van der Waals surface area contributed by atoms with Crippen LogP contribution in [0.3, 0.4) is 0 Å². The van der Waals surface area contributed by atoms with E-state index in [1.54, 1.807) is 29.2 Å². The van der Waals surface area contributed by atoms with Crippen molar-refractivity contribution in [2.45, 2.75) is 25.6 Å². The smallest absolute Gasteiger partial charge is 0.417 e. The molecule has 9 heteroatoms. The Morgan fingerprint density at radius 2 is 1.89 bits per heavy atom. The Labute approximate surface area is 165 Å². The molecule has 0 saturated carbocycles. The van der Waals surface area contributed by atoms with Gasteiger partial charge in [0.2, 0.25) is 5.91 Å². The topological polar surface area (TPSA) is 65.5 Å². The maximum absolute atomic E-state index is 12.7. The Kier molecular flexibility index (Phi) is 5.98. The number of piperidine rings is 1. The van der Waals surface area contributed by atoms with Crippen molar-refractivity contribution in [1.29, 1.82) is 0 Å². The molecule has 2 N–H and O–H groups in total. The Bertz CT molecular complexity index is 835. The number of anilines is 1. The lowest BCUT2D eigenvalue weighted by molar-refractivity contribution is -0.137. The van der Waals surface area contributed by atoms with E-state index in [-0.39, 0.29) is 22.6 Å². The molecule has 1 amide bonds. The lowest BCUT2D eigenvalue weighted by atomic mass is 9.95. The van der Waals surface area contributed by atoms with Gasteiger partial charge < -0.3 is 15.3 Å². The fraction of sp³-hybridized carbons (Fsp3) is 0.368. The summed E-state index contributed by atoms with van der Waals surface area (Å²) in [6, 6.07) is 7.45. The second-order valence-corrected chi connectivity index (χ2v) is 7.08. The van der Waals surface area contributed by atoms with Crippen LogP contribution in [0.1, 0.15) is 24.0 Å². The van der Waals surface area contributed by atoms with Crippen LogP contribution in [0.5, 0.6) is 5.75 Å². The van der Waals surface area contributed by atoms with Crippen LogP contribution in [-0.2, 0) is 17.5 Å². The van der Waals surface area contributed by atoms with Gasteiger partial charge in [0.15, 0.2) is 0 Å². The van der Waals surface area contributed by atoms with Crippen molar-refractivity contribution in [3.63, 3.8) is 0 Å². The van der Waals surface area contributed by atoms with Gasteiger partial charge in [-0.2, -0.15) is 13.2 Å². The van der Waals surface area contributed by atoms with E-state index in [0.717, 1.165) is 17.8 Å². The highest BCUT2D eigenvalue weighted by molar-refractivity contribution is 6.33. The molecule has 1 aromatic heterocycles. The molecule has 28 heavy (non-hydrogen) atoms. The number of phenols is 1. The minimum Gasteiger partial charge on any atom is -0.508 e. The van der Waals surface area contributed by atoms with Gasteiger partial charge in [0.05, 0.1) is 10.6 Å². The molecule has 0 spiro atoms. The van der Waals surface area contributed by atoms with Gasteiger partial charge >= 0.3 is 6.18 Å². The van der Waals surface area contributed by atoms with Crippen molar-refractivity contribution in [1.82, 2.24) is 10.3 Å². The Balaban J connectivity index is 1.54. The molecule has 0 unspecified atom stereocenters. The molecule has 1 aliphatic heterocycles. The molecule has 0 bridgehead atoms. The van der Waals surface area contributed by atoms with E-state index in [4.69, 9.17) is 11.6 Å². The quantitative estimate of drug-likeness (QED) is 0.795. The van der Waals surface area contributed by atoms with E-state index < -0.39 is 11.7 Å². The summed E-state index contributed by atoms with van der Waals surface area (Å²) in [5, 5.41) is 12.1. The molecule has 0 aliphatic carbocycles. The maximum Gasteiger partial charge on any atom is 0.417 e. The predicted octanol–water partition coefficient (Wildman–Crippen LogP) is 3.99. The van der Waals surface area contributed by atoms with Crippen molar-refractivity contribution in [3.8, 4) is 5.75 Å². The van der Waals surface area contributed by atoms with Crippen LogP contribution < -0.4 is 10.2 Å². The van der Waals surface area contributed by atoms with Crippen molar-refractivity contribution in [2.24, 2.45) is 5.92 Å². The first-order chi connectivity index (χ1) is 13.2. The molecular weight excluding hydrogens is 395 g/mol. The number of amides is 1. The minimum absolute atomic E-state index is 0.0509. The zero-order chi connectivity index (χ0) is 20.3. The van der Waals surface area contributed by atoms with E-state index in [9.17, 15) is 23.1 Å². The number of alkyl halides is 3. The molecule has 1 aliphatic rings. The molecule has 1 fully saturated rings. The SMILES string of the molecule is O=C(NCc1ccc(O)cc1)C1CCN(c2ncc(C(F)(F)F)cc2Cl)CC1. The van der Waals surface area contributed by atoms with Gasteiger partial charge in [-0.3, -0.25) is 4.79 Å². The van der Waals surface area contributed by atoms with E-state index >= 15 is 0 Å². The molecule has 1 saturated heterocycles. The number of hydrogen-bond acceptors (Lipinski definition) is 4. The number of nitrogens with one attached hydrogen (secondary N) is 1. The van der Waals surface area contributed by atoms with E-state index in [2.05, 4.69) is 10.3 Å². The van der Waals surface area contributed by atoms with Crippen LogP contribution in [0.4, 0.5) is 19.0 Å². The number of pyridine rings is 1. The summed E-state index contributed by atoms with van der Waals surface area (Å²) in [6.07, 6.45) is -2.60. The lowest BCUT2D eigenvalue weighted by Crippen LogP contribution is -2.40. The third kappa shape index (κ3) is 4.86. The second-order valence-electron chi connectivity index (χ2n) is 6.67. The highest BCUT2D eigenvalue weighted by Crippen LogP contribution is 2.34. The van der Waals surface area contributed by atoms with Gasteiger partial charge in [0.1, 0.15) is 11.6 Å². The number of benzene rings is 1. The molecule has 0 atom stereocenters. The zero-order valence-electron chi connectivity index (χ0n) is 14.8. The summed E-state index contributed by atoms with van der Waals surface area (Å²) < 4.78 is 38.2. The summed E-state index contributed by atoms with van der Waals surface area (Å²) in [5.74, 6) is 0.219. The monoisotopic (exact) mass is 413 g/mol. The first-order valence-corrected chi connectivity index (χ1v) is 9.15. The number of carbonyl (C=O) groups excluding carboxylic acids is 1. The fourth-order valence-electron chi connectivity index (χ4n) is 3.12. The van der Waals surface area contributed by atoms with Crippen molar-refractivity contribution in [3.05, 3.63) is 52.7 Å².